The first kappa shape index (κ1) is 17.4. The molecule has 0 bridgehead atoms. The van der Waals surface area contributed by atoms with Crippen LogP contribution in [0.5, 0.6) is 17.2 Å². The summed E-state index contributed by atoms with van der Waals surface area (Å²) in [6, 6.07) is 13.6. The van der Waals surface area contributed by atoms with E-state index in [1.54, 1.807) is 7.11 Å². The predicted molar refractivity (Wildman–Crippen MR) is 92.8 cm³/mol. The molecule has 0 aliphatic carbocycles. The molecule has 23 heavy (non-hydrogen) atoms. The minimum absolute atomic E-state index is 0.552. The number of nitrogens with one attached hydrogen (secondary N) is 1. The molecule has 0 atom stereocenters. The molecule has 0 radical (unpaired) electrons. The molecule has 0 spiro atoms. The van der Waals surface area contributed by atoms with Crippen molar-refractivity contribution in [2.24, 2.45) is 0 Å². The van der Waals surface area contributed by atoms with E-state index in [1.807, 2.05) is 49.4 Å². The highest BCUT2D eigenvalue weighted by Crippen LogP contribution is 2.36. The van der Waals surface area contributed by atoms with Crippen LogP contribution in [0, 0.1) is 0 Å². The smallest absolute Gasteiger partial charge is 0.179 e. The van der Waals surface area contributed by atoms with Crippen molar-refractivity contribution in [1.82, 2.24) is 5.32 Å². The first-order valence-electron chi connectivity index (χ1n) is 7.62. The largest absolute Gasteiger partial charge is 0.492 e. The Morgan fingerprint density at radius 1 is 1.09 bits per heavy atom. The maximum absolute atomic E-state index is 6.23. The van der Waals surface area contributed by atoms with Gasteiger partial charge < -0.3 is 19.5 Å². The quantitative estimate of drug-likeness (QED) is 0.705. The number of halogens is 1. The summed E-state index contributed by atoms with van der Waals surface area (Å²) in [4.78, 5) is 0. The van der Waals surface area contributed by atoms with E-state index in [0.717, 1.165) is 17.9 Å². The summed E-state index contributed by atoms with van der Waals surface area (Å²) in [7, 11) is 1.59. The maximum atomic E-state index is 6.23. The van der Waals surface area contributed by atoms with Gasteiger partial charge >= 0.3 is 0 Å². The van der Waals surface area contributed by atoms with Gasteiger partial charge in [0, 0.05) is 13.1 Å². The molecule has 1 N–H and O–H groups in total. The third kappa shape index (κ3) is 5.34. The highest BCUT2D eigenvalue weighted by molar-refractivity contribution is 6.32. The van der Waals surface area contributed by atoms with E-state index in [0.29, 0.717) is 36.3 Å². The topological polar surface area (TPSA) is 39.7 Å². The second-order valence-corrected chi connectivity index (χ2v) is 5.29. The van der Waals surface area contributed by atoms with E-state index in [1.165, 1.54) is 0 Å². The fourth-order valence-corrected chi connectivity index (χ4v) is 2.49. The van der Waals surface area contributed by atoms with Gasteiger partial charge in [0.2, 0.25) is 0 Å². The molecule has 4 nitrogen and oxygen atoms in total. The van der Waals surface area contributed by atoms with Gasteiger partial charge in [-0.3, -0.25) is 0 Å². The zero-order valence-corrected chi connectivity index (χ0v) is 14.2. The fourth-order valence-electron chi connectivity index (χ4n) is 2.17. The molecule has 0 unspecified atom stereocenters. The highest BCUT2D eigenvalue weighted by atomic mass is 35.5. The van der Waals surface area contributed by atoms with E-state index in [9.17, 15) is 0 Å². The van der Waals surface area contributed by atoms with Gasteiger partial charge in [0.05, 0.1) is 18.7 Å². The Labute approximate surface area is 142 Å². The van der Waals surface area contributed by atoms with Gasteiger partial charge in [-0.15, -0.1) is 0 Å². The minimum atomic E-state index is 0.552. The molecule has 0 fully saturated rings. The average Bonchev–Trinajstić information content (AvgIpc) is 2.56. The SMILES string of the molecule is CCOc1cc(CNCCOc2ccccc2)cc(Cl)c1OC. The summed E-state index contributed by atoms with van der Waals surface area (Å²) in [5, 5.41) is 3.88. The number of hydrogen-bond acceptors (Lipinski definition) is 4. The van der Waals surface area contributed by atoms with Crippen LogP contribution in [0.3, 0.4) is 0 Å². The van der Waals surface area contributed by atoms with Crippen LogP contribution in [-0.4, -0.2) is 26.9 Å². The van der Waals surface area contributed by atoms with Crippen molar-refractivity contribution in [3.8, 4) is 17.2 Å². The lowest BCUT2D eigenvalue weighted by atomic mass is 10.2. The second kappa shape index (κ2) is 9.28. The summed E-state index contributed by atoms with van der Waals surface area (Å²) in [5.41, 5.74) is 1.04. The van der Waals surface area contributed by atoms with Crippen LogP contribution < -0.4 is 19.5 Å². The Morgan fingerprint density at radius 2 is 1.87 bits per heavy atom. The van der Waals surface area contributed by atoms with Crippen molar-refractivity contribution in [1.29, 1.82) is 0 Å². The Hall–Kier alpha value is -1.91. The molecule has 0 saturated carbocycles. The average molecular weight is 336 g/mol. The summed E-state index contributed by atoms with van der Waals surface area (Å²) in [5.74, 6) is 2.12. The zero-order valence-electron chi connectivity index (χ0n) is 13.5. The minimum Gasteiger partial charge on any atom is -0.492 e. The summed E-state index contributed by atoms with van der Waals surface area (Å²) in [6.07, 6.45) is 0. The lowest BCUT2D eigenvalue weighted by Crippen LogP contribution is -2.20. The molecule has 5 heteroatoms. The third-order valence-electron chi connectivity index (χ3n) is 3.19. The molecule has 0 amide bonds. The van der Waals surface area contributed by atoms with Crippen LogP contribution in [0.25, 0.3) is 0 Å². The van der Waals surface area contributed by atoms with E-state index in [4.69, 9.17) is 25.8 Å². The number of benzene rings is 2. The first-order valence-corrected chi connectivity index (χ1v) is 8.00. The molecule has 124 valence electrons. The highest BCUT2D eigenvalue weighted by Gasteiger charge is 2.11. The van der Waals surface area contributed by atoms with Crippen molar-refractivity contribution in [3.05, 3.63) is 53.1 Å². The van der Waals surface area contributed by atoms with Crippen molar-refractivity contribution >= 4 is 11.6 Å². The zero-order chi connectivity index (χ0) is 16.5. The molecule has 2 aromatic carbocycles. The Morgan fingerprint density at radius 3 is 2.57 bits per heavy atom. The Bertz CT molecular complexity index is 605. The number of methoxy groups -OCH3 is 1. The van der Waals surface area contributed by atoms with Crippen molar-refractivity contribution < 1.29 is 14.2 Å². The van der Waals surface area contributed by atoms with Gasteiger partial charge in [0.25, 0.3) is 0 Å². The molecule has 0 aromatic heterocycles. The molecule has 0 saturated heterocycles. The molecular weight excluding hydrogens is 314 g/mol. The van der Waals surface area contributed by atoms with Gasteiger partial charge in [-0.1, -0.05) is 29.8 Å². The number of para-hydroxylation sites is 1. The Balaban J connectivity index is 1.83. The Kier molecular flexibility index (Phi) is 7.04. The van der Waals surface area contributed by atoms with E-state index in [-0.39, 0.29) is 0 Å². The summed E-state index contributed by atoms with van der Waals surface area (Å²) >= 11 is 6.23. The first-order chi connectivity index (χ1) is 11.2. The van der Waals surface area contributed by atoms with E-state index < -0.39 is 0 Å². The molecule has 2 rings (SSSR count). The molecule has 2 aromatic rings. The van der Waals surface area contributed by atoms with Crippen LogP contribution in [0.1, 0.15) is 12.5 Å². The van der Waals surface area contributed by atoms with Crippen LogP contribution >= 0.6 is 11.6 Å². The molecular formula is C18H22ClNO3. The van der Waals surface area contributed by atoms with Crippen LogP contribution in [0.4, 0.5) is 0 Å². The number of rotatable bonds is 9. The fraction of sp³-hybridized carbons (Fsp3) is 0.333. The van der Waals surface area contributed by atoms with Crippen LogP contribution in [0.15, 0.2) is 42.5 Å². The normalized spacial score (nSPS) is 10.4. The number of ether oxygens (including phenoxy) is 3. The molecule has 0 aliphatic rings. The maximum Gasteiger partial charge on any atom is 0.179 e. The van der Waals surface area contributed by atoms with E-state index >= 15 is 0 Å². The summed E-state index contributed by atoms with van der Waals surface area (Å²) in [6.45, 7) is 4.52. The lowest BCUT2D eigenvalue weighted by Gasteiger charge is -2.13. The van der Waals surface area contributed by atoms with E-state index in [2.05, 4.69) is 5.32 Å². The molecule has 0 aliphatic heterocycles. The van der Waals surface area contributed by atoms with Crippen molar-refractivity contribution in [3.63, 3.8) is 0 Å². The van der Waals surface area contributed by atoms with Gasteiger partial charge in [-0.2, -0.15) is 0 Å². The monoisotopic (exact) mass is 335 g/mol. The summed E-state index contributed by atoms with van der Waals surface area (Å²) < 4.78 is 16.5. The number of hydrogen-bond donors (Lipinski definition) is 1. The van der Waals surface area contributed by atoms with Crippen LogP contribution in [0.2, 0.25) is 5.02 Å². The standard InChI is InChI=1S/C18H22ClNO3/c1-3-22-17-12-14(11-16(19)18(17)21-2)13-20-9-10-23-15-7-5-4-6-8-15/h4-8,11-12,20H,3,9-10,13H2,1-2H3. The van der Waals surface area contributed by atoms with Crippen molar-refractivity contribution in [2.45, 2.75) is 13.5 Å². The van der Waals surface area contributed by atoms with Gasteiger partial charge in [-0.25, -0.2) is 0 Å². The predicted octanol–water partition coefficient (Wildman–Crippen LogP) is 3.92. The molecule has 0 heterocycles. The van der Waals surface area contributed by atoms with Crippen molar-refractivity contribution in [2.75, 3.05) is 26.9 Å². The van der Waals surface area contributed by atoms with Gasteiger partial charge in [0.1, 0.15) is 12.4 Å². The van der Waals surface area contributed by atoms with Gasteiger partial charge in [-0.05, 0) is 36.8 Å². The lowest BCUT2D eigenvalue weighted by molar-refractivity contribution is 0.309. The third-order valence-corrected chi connectivity index (χ3v) is 3.47. The van der Waals surface area contributed by atoms with Crippen LogP contribution in [-0.2, 0) is 6.54 Å². The second-order valence-electron chi connectivity index (χ2n) is 4.88. The van der Waals surface area contributed by atoms with Gasteiger partial charge in [0.15, 0.2) is 11.5 Å².